The number of hydrogen-bond acceptors (Lipinski definition) is 7. The zero-order valence-corrected chi connectivity index (χ0v) is 20.7. The molecule has 1 aliphatic heterocycles. The molecule has 9 nitrogen and oxygen atoms in total. The Morgan fingerprint density at radius 1 is 0.946 bits per heavy atom. The van der Waals surface area contributed by atoms with E-state index in [1.54, 1.807) is 0 Å². The van der Waals surface area contributed by atoms with Gasteiger partial charge < -0.3 is 5.11 Å². The van der Waals surface area contributed by atoms with Gasteiger partial charge in [0.25, 0.3) is 0 Å². The predicted molar refractivity (Wildman–Crippen MR) is 132 cm³/mol. The first kappa shape index (κ1) is 25.1. The minimum absolute atomic E-state index is 0.000188. The van der Waals surface area contributed by atoms with Gasteiger partial charge in [0, 0.05) is 50.9 Å². The van der Waals surface area contributed by atoms with Gasteiger partial charge >= 0.3 is 0 Å². The Morgan fingerprint density at radius 2 is 1.76 bits per heavy atom. The average Bonchev–Trinajstić information content (AvgIpc) is 3.52. The number of benzene rings is 2. The van der Waals surface area contributed by atoms with E-state index in [1.807, 2.05) is 16.9 Å². The van der Waals surface area contributed by atoms with Crippen molar-refractivity contribution in [1.82, 2.24) is 39.6 Å². The van der Waals surface area contributed by atoms with Gasteiger partial charge in [-0.2, -0.15) is 5.10 Å². The van der Waals surface area contributed by atoms with Gasteiger partial charge in [-0.25, -0.2) is 23.1 Å². The first-order valence-electron chi connectivity index (χ1n) is 12.3. The van der Waals surface area contributed by atoms with Crippen LogP contribution in [-0.2, 0) is 25.2 Å². The number of aryl methyl sites for hydroxylation is 1. The second kappa shape index (κ2) is 10.8. The maximum absolute atomic E-state index is 14.7. The number of piperazine rings is 1. The van der Waals surface area contributed by atoms with Crippen LogP contribution >= 0.6 is 0 Å². The van der Waals surface area contributed by atoms with Crippen molar-refractivity contribution in [3.05, 3.63) is 95.3 Å². The van der Waals surface area contributed by atoms with Crippen LogP contribution in [-0.4, -0.2) is 77.4 Å². The summed E-state index contributed by atoms with van der Waals surface area (Å²) in [5.41, 5.74) is 1.73. The average molecular weight is 509 g/mol. The molecule has 1 aliphatic rings. The molecule has 1 N–H and O–H groups in total. The van der Waals surface area contributed by atoms with E-state index in [2.05, 4.69) is 55.3 Å². The van der Waals surface area contributed by atoms with Crippen LogP contribution < -0.4 is 0 Å². The van der Waals surface area contributed by atoms with Gasteiger partial charge in [-0.05, 0) is 18.6 Å². The van der Waals surface area contributed by atoms with Crippen LogP contribution in [0.5, 0.6) is 0 Å². The lowest BCUT2D eigenvalue weighted by atomic mass is 9.92. The van der Waals surface area contributed by atoms with E-state index in [0.29, 0.717) is 26.2 Å². The van der Waals surface area contributed by atoms with E-state index in [0.717, 1.165) is 30.9 Å². The molecule has 3 heterocycles. The molecule has 2 aromatic carbocycles. The molecular weight excluding hydrogens is 478 g/mol. The van der Waals surface area contributed by atoms with Gasteiger partial charge in [0.1, 0.15) is 29.9 Å². The number of β-amino-alcohol motifs (C(OH)–C–C–N with tert-alkyl or cyclic N) is 1. The summed E-state index contributed by atoms with van der Waals surface area (Å²) in [5.74, 6) is -1.47. The van der Waals surface area contributed by atoms with Crippen LogP contribution in [0.15, 0.2) is 61.3 Å². The summed E-state index contributed by atoms with van der Waals surface area (Å²) in [6.45, 7) is 6.48. The molecule has 0 radical (unpaired) electrons. The zero-order chi connectivity index (χ0) is 25.8. The molecule has 37 heavy (non-hydrogen) atoms. The molecule has 0 spiro atoms. The highest BCUT2D eigenvalue weighted by Crippen LogP contribution is 2.28. The number of nitrogens with zero attached hydrogens (tertiary/aromatic N) is 8. The standard InChI is InChI=1S/C26H30F2N8O/c1-20-3-2-4-21(11-20)13-35-15-23(31-32-35)14-33-7-9-34(10-8-33)16-26(37,17-36-19-29-18-30-36)24-6-5-22(27)12-25(24)28/h2-6,11-12,15,18-19,37H,7-10,13-14,16-17H2,1H3. The highest BCUT2D eigenvalue weighted by atomic mass is 19.1. The third kappa shape index (κ3) is 6.24. The summed E-state index contributed by atoms with van der Waals surface area (Å²) in [6.07, 6.45) is 4.80. The van der Waals surface area contributed by atoms with Crippen molar-refractivity contribution in [3.8, 4) is 0 Å². The van der Waals surface area contributed by atoms with E-state index < -0.39 is 17.2 Å². The van der Waals surface area contributed by atoms with Crippen LogP contribution in [0.2, 0.25) is 0 Å². The van der Waals surface area contributed by atoms with Crippen molar-refractivity contribution in [2.45, 2.75) is 32.2 Å². The molecule has 0 aliphatic carbocycles. The fraction of sp³-hybridized carbons (Fsp3) is 0.385. The van der Waals surface area contributed by atoms with Gasteiger partial charge in [-0.3, -0.25) is 9.80 Å². The zero-order valence-electron chi connectivity index (χ0n) is 20.7. The topological polar surface area (TPSA) is 88.1 Å². The molecule has 194 valence electrons. The second-order valence-electron chi connectivity index (χ2n) is 9.70. The molecule has 4 aromatic rings. The Morgan fingerprint density at radius 3 is 2.49 bits per heavy atom. The third-order valence-electron chi connectivity index (χ3n) is 6.67. The largest absolute Gasteiger partial charge is 0.382 e. The number of rotatable bonds is 9. The summed E-state index contributed by atoms with van der Waals surface area (Å²) in [4.78, 5) is 8.29. The SMILES string of the molecule is Cc1cccc(Cn2cc(CN3CCN(CC(O)(Cn4cncn4)c4ccc(F)cc4F)CC3)nn2)c1. The molecular formula is C26H30F2N8O. The van der Waals surface area contributed by atoms with Gasteiger partial charge in [0.2, 0.25) is 0 Å². The summed E-state index contributed by atoms with van der Waals surface area (Å²) in [6, 6.07) is 11.6. The molecule has 0 bridgehead atoms. The second-order valence-corrected chi connectivity index (χ2v) is 9.70. The molecule has 1 fully saturated rings. The van der Waals surface area contributed by atoms with Crippen molar-refractivity contribution in [2.75, 3.05) is 32.7 Å². The smallest absolute Gasteiger partial charge is 0.137 e. The lowest BCUT2D eigenvalue weighted by Crippen LogP contribution is -2.52. The minimum Gasteiger partial charge on any atom is -0.382 e. The van der Waals surface area contributed by atoms with Crippen molar-refractivity contribution < 1.29 is 13.9 Å². The first-order valence-corrected chi connectivity index (χ1v) is 12.3. The maximum Gasteiger partial charge on any atom is 0.137 e. The molecule has 1 atom stereocenters. The van der Waals surface area contributed by atoms with Gasteiger partial charge in [0.15, 0.2) is 0 Å². The summed E-state index contributed by atoms with van der Waals surface area (Å²) in [7, 11) is 0. The monoisotopic (exact) mass is 508 g/mol. The van der Waals surface area contributed by atoms with Crippen LogP contribution in [0.3, 0.4) is 0 Å². The Kier molecular flexibility index (Phi) is 7.36. The van der Waals surface area contributed by atoms with E-state index in [-0.39, 0.29) is 18.7 Å². The fourth-order valence-corrected chi connectivity index (χ4v) is 4.86. The molecule has 2 aromatic heterocycles. The minimum atomic E-state index is -1.61. The highest BCUT2D eigenvalue weighted by Gasteiger charge is 2.36. The Balaban J connectivity index is 1.20. The lowest BCUT2D eigenvalue weighted by Gasteiger charge is -2.39. The van der Waals surface area contributed by atoms with Gasteiger partial charge in [-0.15, -0.1) is 5.10 Å². The Labute approximate surface area is 214 Å². The number of hydrogen-bond donors (Lipinski definition) is 1. The van der Waals surface area contributed by atoms with Crippen molar-refractivity contribution in [2.24, 2.45) is 0 Å². The normalized spacial score (nSPS) is 16.6. The molecule has 0 saturated carbocycles. The molecule has 5 rings (SSSR count). The van der Waals surface area contributed by atoms with Gasteiger partial charge in [-0.1, -0.05) is 41.1 Å². The van der Waals surface area contributed by atoms with Crippen molar-refractivity contribution >= 4 is 0 Å². The number of aliphatic hydroxyl groups is 1. The quantitative estimate of drug-likeness (QED) is 0.371. The number of halogens is 2. The summed E-state index contributed by atoms with van der Waals surface area (Å²) >= 11 is 0. The molecule has 11 heteroatoms. The van der Waals surface area contributed by atoms with Gasteiger partial charge in [0.05, 0.1) is 25.0 Å². The van der Waals surface area contributed by atoms with Crippen LogP contribution in [0, 0.1) is 18.6 Å². The molecule has 1 saturated heterocycles. The Bertz CT molecular complexity index is 1320. The van der Waals surface area contributed by atoms with Crippen molar-refractivity contribution in [1.29, 1.82) is 0 Å². The maximum atomic E-state index is 14.7. The molecule has 1 unspecified atom stereocenters. The third-order valence-corrected chi connectivity index (χ3v) is 6.67. The van der Waals surface area contributed by atoms with E-state index >= 15 is 0 Å². The van der Waals surface area contributed by atoms with E-state index in [9.17, 15) is 13.9 Å². The van der Waals surface area contributed by atoms with Crippen LogP contribution in [0.25, 0.3) is 0 Å². The predicted octanol–water partition coefficient (Wildman–Crippen LogP) is 2.21. The van der Waals surface area contributed by atoms with Crippen LogP contribution in [0.1, 0.15) is 22.4 Å². The van der Waals surface area contributed by atoms with Crippen LogP contribution in [0.4, 0.5) is 8.78 Å². The first-order chi connectivity index (χ1) is 17.9. The van der Waals surface area contributed by atoms with E-state index in [4.69, 9.17) is 0 Å². The highest BCUT2D eigenvalue weighted by molar-refractivity contribution is 5.26. The summed E-state index contributed by atoms with van der Waals surface area (Å²) in [5, 5.41) is 24.3. The van der Waals surface area contributed by atoms with E-state index in [1.165, 1.54) is 34.5 Å². The number of aromatic nitrogens is 6. The van der Waals surface area contributed by atoms with Crippen molar-refractivity contribution in [3.63, 3.8) is 0 Å². The molecule has 0 amide bonds. The Hall–Kier alpha value is -3.54. The summed E-state index contributed by atoms with van der Waals surface area (Å²) < 4.78 is 31.6. The lowest BCUT2D eigenvalue weighted by molar-refractivity contribution is -0.0324. The fourth-order valence-electron chi connectivity index (χ4n) is 4.86.